The number of aryl methyl sites for hydroxylation is 1. The molecule has 8 heteroatoms. The summed E-state index contributed by atoms with van der Waals surface area (Å²) in [4.78, 5) is 14.3. The molecule has 0 saturated carbocycles. The third kappa shape index (κ3) is 2.65. The fourth-order valence-electron chi connectivity index (χ4n) is 1.70. The third-order valence-electron chi connectivity index (χ3n) is 2.43. The number of nitrogens with zero attached hydrogens (tertiary/aromatic N) is 5. The minimum atomic E-state index is -0.445. The highest BCUT2D eigenvalue weighted by molar-refractivity contribution is 5.54. The van der Waals surface area contributed by atoms with Gasteiger partial charge in [0.1, 0.15) is 6.20 Å². The molecule has 0 radical (unpaired) electrons. The number of aromatic nitrogens is 4. The molecule has 0 fully saturated rings. The van der Waals surface area contributed by atoms with Gasteiger partial charge in [-0.3, -0.25) is 14.8 Å². The van der Waals surface area contributed by atoms with Crippen molar-refractivity contribution >= 4 is 11.5 Å². The molecule has 0 aromatic carbocycles. The van der Waals surface area contributed by atoms with Gasteiger partial charge in [0.25, 0.3) is 0 Å². The molecule has 2 rings (SSSR count). The first-order chi connectivity index (χ1) is 8.56. The molecule has 96 valence electrons. The van der Waals surface area contributed by atoms with Crippen LogP contribution in [0.3, 0.4) is 0 Å². The zero-order valence-electron chi connectivity index (χ0n) is 10.1. The van der Waals surface area contributed by atoms with Crippen molar-refractivity contribution in [2.45, 2.75) is 19.5 Å². The topological polar surface area (TPSA) is 90.8 Å². The van der Waals surface area contributed by atoms with Crippen molar-refractivity contribution in [2.24, 2.45) is 7.05 Å². The third-order valence-corrected chi connectivity index (χ3v) is 2.43. The molecule has 0 bridgehead atoms. The zero-order valence-corrected chi connectivity index (χ0v) is 10.1. The monoisotopic (exact) mass is 250 g/mol. The van der Waals surface area contributed by atoms with Crippen LogP contribution in [0.1, 0.15) is 6.92 Å². The first-order valence-electron chi connectivity index (χ1n) is 5.46. The maximum atomic E-state index is 10.8. The maximum absolute atomic E-state index is 10.8. The summed E-state index contributed by atoms with van der Waals surface area (Å²) < 4.78 is 3.32. The Morgan fingerprint density at radius 1 is 1.61 bits per heavy atom. The first-order valence-corrected chi connectivity index (χ1v) is 5.46. The van der Waals surface area contributed by atoms with Gasteiger partial charge >= 0.3 is 5.69 Å². The lowest BCUT2D eigenvalue weighted by Gasteiger charge is -2.13. The highest BCUT2D eigenvalue weighted by Gasteiger charge is 2.19. The van der Waals surface area contributed by atoms with Gasteiger partial charge in [0, 0.05) is 32.0 Å². The molecular formula is C10H14N6O2. The van der Waals surface area contributed by atoms with Crippen molar-refractivity contribution in [1.29, 1.82) is 0 Å². The van der Waals surface area contributed by atoms with Crippen molar-refractivity contribution in [1.82, 2.24) is 19.3 Å². The SMILES string of the molecule is CC(Cn1ccnc1)Nc1nn(C)cc1[N+](=O)[O-]. The summed E-state index contributed by atoms with van der Waals surface area (Å²) in [6.07, 6.45) is 6.61. The highest BCUT2D eigenvalue weighted by atomic mass is 16.6. The van der Waals surface area contributed by atoms with Crippen molar-refractivity contribution in [2.75, 3.05) is 5.32 Å². The van der Waals surface area contributed by atoms with E-state index >= 15 is 0 Å². The van der Waals surface area contributed by atoms with E-state index in [9.17, 15) is 10.1 Å². The Labute approximate surface area is 103 Å². The quantitative estimate of drug-likeness (QED) is 0.632. The number of hydrogen-bond acceptors (Lipinski definition) is 5. The van der Waals surface area contributed by atoms with Crippen LogP contribution >= 0.6 is 0 Å². The van der Waals surface area contributed by atoms with E-state index in [1.165, 1.54) is 10.9 Å². The van der Waals surface area contributed by atoms with E-state index in [0.29, 0.717) is 6.54 Å². The van der Waals surface area contributed by atoms with Gasteiger partial charge in [-0.15, -0.1) is 5.10 Å². The highest BCUT2D eigenvalue weighted by Crippen LogP contribution is 2.22. The van der Waals surface area contributed by atoms with Gasteiger partial charge in [-0.1, -0.05) is 0 Å². The van der Waals surface area contributed by atoms with Gasteiger partial charge in [-0.25, -0.2) is 4.98 Å². The van der Waals surface area contributed by atoms with E-state index in [4.69, 9.17) is 0 Å². The summed E-state index contributed by atoms with van der Waals surface area (Å²) in [7, 11) is 1.65. The molecule has 1 unspecified atom stereocenters. The van der Waals surface area contributed by atoms with Crippen LogP contribution < -0.4 is 5.32 Å². The van der Waals surface area contributed by atoms with E-state index in [2.05, 4.69) is 15.4 Å². The number of imidazole rings is 1. The average Bonchev–Trinajstić information content (AvgIpc) is 2.88. The lowest BCUT2D eigenvalue weighted by atomic mass is 10.3. The van der Waals surface area contributed by atoms with Gasteiger partial charge in [-0.2, -0.15) is 0 Å². The first kappa shape index (κ1) is 12.1. The number of rotatable bonds is 5. The minimum Gasteiger partial charge on any atom is -0.359 e. The molecule has 2 aromatic heterocycles. The maximum Gasteiger partial charge on any atom is 0.330 e. The summed E-state index contributed by atoms with van der Waals surface area (Å²) in [5, 5.41) is 17.9. The van der Waals surface area contributed by atoms with Gasteiger partial charge in [0.15, 0.2) is 0 Å². The van der Waals surface area contributed by atoms with Crippen molar-refractivity contribution < 1.29 is 4.92 Å². The number of nitrogens with one attached hydrogen (secondary N) is 1. The van der Waals surface area contributed by atoms with E-state index in [0.717, 1.165) is 0 Å². The van der Waals surface area contributed by atoms with Crippen molar-refractivity contribution in [3.8, 4) is 0 Å². The molecule has 8 nitrogen and oxygen atoms in total. The number of hydrogen-bond donors (Lipinski definition) is 1. The van der Waals surface area contributed by atoms with Gasteiger partial charge in [-0.05, 0) is 6.92 Å². The Hall–Kier alpha value is -2.38. The van der Waals surface area contributed by atoms with Crippen LogP contribution in [0.5, 0.6) is 0 Å². The van der Waals surface area contributed by atoms with Crippen LogP contribution in [0.15, 0.2) is 24.9 Å². The Kier molecular flexibility index (Phi) is 3.26. The number of nitro groups is 1. The molecule has 0 aliphatic carbocycles. The molecule has 0 spiro atoms. The predicted octanol–water partition coefficient (Wildman–Crippen LogP) is 1.03. The summed E-state index contributed by atoms with van der Waals surface area (Å²) >= 11 is 0. The molecule has 0 amide bonds. The molecule has 1 N–H and O–H groups in total. The zero-order chi connectivity index (χ0) is 13.1. The standard InChI is InChI=1S/C10H14N6O2/c1-8(5-15-4-3-11-7-15)12-10-9(16(17)18)6-14(2)13-10/h3-4,6-8H,5H2,1-2H3,(H,12,13). The lowest BCUT2D eigenvalue weighted by Crippen LogP contribution is -2.22. The fraction of sp³-hybridized carbons (Fsp3) is 0.400. The molecule has 2 heterocycles. The molecule has 0 saturated heterocycles. The second-order valence-corrected chi connectivity index (χ2v) is 4.10. The summed E-state index contributed by atoms with van der Waals surface area (Å²) in [6.45, 7) is 2.59. The Balaban J connectivity index is 2.06. The Morgan fingerprint density at radius 3 is 3.00 bits per heavy atom. The second kappa shape index (κ2) is 4.86. The minimum absolute atomic E-state index is 0.00722. The lowest BCUT2D eigenvalue weighted by molar-refractivity contribution is -0.384. The Morgan fingerprint density at radius 2 is 2.39 bits per heavy atom. The predicted molar refractivity (Wildman–Crippen MR) is 65.2 cm³/mol. The van der Waals surface area contributed by atoms with E-state index in [-0.39, 0.29) is 17.5 Å². The summed E-state index contributed by atoms with van der Waals surface area (Å²) in [6, 6.07) is 0.00722. The van der Waals surface area contributed by atoms with Crippen LogP contribution in [0.4, 0.5) is 11.5 Å². The molecule has 2 aromatic rings. The normalized spacial score (nSPS) is 12.3. The summed E-state index contributed by atoms with van der Waals surface area (Å²) in [5.41, 5.74) is -0.0185. The average molecular weight is 250 g/mol. The summed E-state index contributed by atoms with van der Waals surface area (Å²) in [5.74, 6) is 0.287. The van der Waals surface area contributed by atoms with E-state index in [1.54, 1.807) is 19.6 Å². The van der Waals surface area contributed by atoms with Crippen LogP contribution in [-0.4, -0.2) is 30.3 Å². The Bertz CT molecular complexity index is 533. The fourth-order valence-corrected chi connectivity index (χ4v) is 1.70. The smallest absolute Gasteiger partial charge is 0.330 e. The molecule has 18 heavy (non-hydrogen) atoms. The van der Waals surface area contributed by atoms with Crippen molar-refractivity contribution in [3.63, 3.8) is 0 Å². The van der Waals surface area contributed by atoms with Crippen molar-refractivity contribution in [3.05, 3.63) is 35.0 Å². The molecule has 0 aliphatic heterocycles. The van der Waals surface area contributed by atoms with Gasteiger partial charge in [0.2, 0.25) is 5.82 Å². The van der Waals surface area contributed by atoms with Gasteiger partial charge < -0.3 is 9.88 Å². The second-order valence-electron chi connectivity index (χ2n) is 4.10. The molecule has 1 atom stereocenters. The largest absolute Gasteiger partial charge is 0.359 e. The molecule has 0 aliphatic rings. The van der Waals surface area contributed by atoms with E-state index in [1.807, 2.05) is 17.7 Å². The van der Waals surface area contributed by atoms with E-state index < -0.39 is 4.92 Å². The van der Waals surface area contributed by atoms with Crippen LogP contribution in [-0.2, 0) is 13.6 Å². The van der Waals surface area contributed by atoms with Crippen LogP contribution in [0, 0.1) is 10.1 Å². The van der Waals surface area contributed by atoms with Crippen LogP contribution in [0.25, 0.3) is 0 Å². The van der Waals surface area contributed by atoms with Gasteiger partial charge in [0.05, 0.1) is 11.3 Å². The number of anilines is 1. The molecular weight excluding hydrogens is 236 g/mol. The van der Waals surface area contributed by atoms with Crippen LogP contribution in [0.2, 0.25) is 0 Å².